The Hall–Kier alpha value is -0.461. The number of rotatable bonds is 11. The zero-order valence-electron chi connectivity index (χ0n) is 16.0. The van der Waals surface area contributed by atoms with Gasteiger partial charge in [0.15, 0.2) is 0 Å². The SMILES string of the molecule is CCC[CH2][Sn]([C]#CCC(O)c1ccccc1)([CH2]CCC)[CH2]CCC. The van der Waals surface area contributed by atoms with E-state index < -0.39 is 24.5 Å². The number of aliphatic hydroxyl groups excluding tert-OH is 1. The van der Waals surface area contributed by atoms with E-state index in [4.69, 9.17) is 0 Å². The van der Waals surface area contributed by atoms with Crippen molar-refractivity contribution < 1.29 is 5.11 Å². The molecule has 24 heavy (non-hydrogen) atoms. The molecule has 134 valence electrons. The Bertz CT molecular complexity index is 464. The van der Waals surface area contributed by atoms with Crippen LogP contribution in [-0.2, 0) is 0 Å². The first-order valence-electron chi connectivity index (χ1n) is 9.90. The van der Waals surface area contributed by atoms with E-state index in [0.717, 1.165) is 5.56 Å². The van der Waals surface area contributed by atoms with Crippen LogP contribution in [0.1, 0.15) is 77.4 Å². The third kappa shape index (κ3) is 8.08. The van der Waals surface area contributed by atoms with Crippen molar-refractivity contribution in [2.24, 2.45) is 0 Å². The maximum atomic E-state index is 10.4. The van der Waals surface area contributed by atoms with Gasteiger partial charge in [-0.1, -0.05) is 0 Å². The van der Waals surface area contributed by atoms with Gasteiger partial charge in [-0.15, -0.1) is 0 Å². The number of benzene rings is 1. The summed E-state index contributed by atoms with van der Waals surface area (Å²) >= 11 is -2.35. The Labute approximate surface area is 154 Å². The molecule has 0 fully saturated rings. The summed E-state index contributed by atoms with van der Waals surface area (Å²) in [6.45, 7) is 6.88. The number of unbranched alkanes of at least 4 members (excludes halogenated alkanes) is 3. The monoisotopic (exact) mass is 436 g/mol. The van der Waals surface area contributed by atoms with E-state index in [2.05, 4.69) is 30.6 Å². The van der Waals surface area contributed by atoms with Gasteiger partial charge >= 0.3 is 154 Å². The summed E-state index contributed by atoms with van der Waals surface area (Å²) < 4.78 is 8.09. The van der Waals surface area contributed by atoms with Crippen molar-refractivity contribution in [1.29, 1.82) is 0 Å². The fraction of sp³-hybridized carbons (Fsp3) is 0.636. The molecular weight excluding hydrogens is 399 g/mol. The molecule has 1 rings (SSSR count). The quantitative estimate of drug-likeness (QED) is 0.311. The molecule has 0 saturated carbocycles. The molecule has 0 saturated heterocycles. The van der Waals surface area contributed by atoms with E-state index in [1.807, 2.05) is 30.3 Å². The van der Waals surface area contributed by atoms with Crippen LogP contribution >= 0.6 is 0 Å². The third-order valence-electron chi connectivity index (χ3n) is 4.86. The molecule has 0 aromatic heterocycles. The van der Waals surface area contributed by atoms with Gasteiger partial charge in [-0.25, -0.2) is 0 Å². The van der Waals surface area contributed by atoms with Crippen molar-refractivity contribution in [1.82, 2.24) is 0 Å². The van der Waals surface area contributed by atoms with Crippen molar-refractivity contribution in [2.45, 2.75) is 85.1 Å². The molecule has 1 aromatic carbocycles. The van der Waals surface area contributed by atoms with E-state index in [-0.39, 0.29) is 0 Å². The van der Waals surface area contributed by atoms with Crippen molar-refractivity contribution in [3.8, 4) is 9.86 Å². The standard InChI is InChI=1S/C10H9O.3C4H9.Sn/c1-2-6-10(11)9-7-4-3-5-8-9;3*1-3-4-2;/h3-5,7-8,10-11H,6H2;3*1,3-4H2,2H3;. The molecule has 0 heterocycles. The summed E-state index contributed by atoms with van der Waals surface area (Å²) in [6, 6.07) is 9.95. The Morgan fingerprint density at radius 3 is 1.83 bits per heavy atom. The second-order valence-corrected chi connectivity index (χ2v) is 19.3. The Kier molecular flexibility index (Phi) is 11.5. The van der Waals surface area contributed by atoms with Crippen LogP contribution in [0.5, 0.6) is 0 Å². The molecular formula is C22H36OSn. The van der Waals surface area contributed by atoms with Gasteiger partial charge in [0.05, 0.1) is 0 Å². The summed E-state index contributed by atoms with van der Waals surface area (Å²) in [6.07, 6.45) is 8.04. The molecule has 0 radical (unpaired) electrons. The number of hydrogen-bond acceptors (Lipinski definition) is 1. The molecule has 2 heteroatoms. The first kappa shape index (κ1) is 21.6. The number of aliphatic hydroxyl groups is 1. The van der Waals surface area contributed by atoms with E-state index in [0.29, 0.717) is 6.42 Å². The van der Waals surface area contributed by atoms with Gasteiger partial charge in [-0.2, -0.15) is 0 Å². The summed E-state index contributed by atoms with van der Waals surface area (Å²) in [5, 5.41) is 10.4. The van der Waals surface area contributed by atoms with Crippen LogP contribution in [0.3, 0.4) is 0 Å². The van der Waals surface area contributed by atoms with Crippen molar-refractivity contribution >= 4 is 18.4 Å². The van der Waals surface area contributed by atoms with Crippen LogP contribution in [0, 0.1) is 9.86 Å². The van der Waals surface area contributed by atoms with Crippen LogP contribution in [0.4, 0.5) is 0 Å². The van der Waals surface area contributed by atoms with Gasteiger partial charge < -0.3 is 0 Å². The molecule has 0 spiro atoms. The van der Waals surface area contributed by atoms with Gasteiger partial charge in [-0.3, -0.25) is 0 Å². The average Bonchev–Trinajstić information content (AvgIpc) is 2.63. The normalized spacial score (nSPS) is 12.5. The Balaban J connectivity index is 2.81. The van der Waals surface area contributed by atoms with Crippen molar-refractivity contribution in [3.05, 3.63) is 35.9 Å². The summed E-state index contributed by atoms with van der Waals surface area (Å²) in [7, 11) is 0. The van der Waals surface area contributed by atoms with E-state index >= 15 is 0 Å². The number of hydrogen-bond donors (Lipinski definition) is 1. The second kappa shape index (κ2) is 12.8. The zero-order valence-corrected chi connectivity index (χ0v) is 18.8. The molecule has 0 aliphatic heterocycles. The third-order valence-corrected chi connectivity index (χ3v) is 18.1. The molecule has 0 aliphatic carbocycles. The van der Waals surface area contributed by atoms with Gasteiger partial charge in [-0.05, 0) is 0 Å². The summed E-state index contributed by atoms with van der Waals surface area (Å²) in [5.74, 6) is 3.44. The minimum absolute atomic E-state index is 0.439. The van der Waals surface area contributed by atoms with Crippen molar-refractivity contribution in [3.63, 3.8) is 0 Å². The molecule has 0 aliphatic rings. The molecule has 1 aromatic rings. The van der Waals surface area contributed by atoms with Crippen LogP contribution in [0.2, 0.25) is 13.3 Å². The van der Waals surface area contributed by atoms with E-state index in [1.165, 1.54) is 51.8 Å². The van der Waals surface area contributed by atoms with E-state index in [1.54, 1.807) is 0 Å². The van der Waals surface area contributed by atoms with Crippen molar-refractivity contribution in [2.75, 3.05) is 0 Å². The first-order chi connectivity index (χ1) is 11.7. The van der Waals surface area contributed by atoms with Crippen LogP contribution < -0.4 is 0 Å². The minimum atomic E-state index is -2.35. The second-order valence-electron chi connectivity index (χ2n) is 7.02. The fourth-order valence-corrected chi connectivity index (χ4v) is 16.6. The summed E-state index contributed by atoms with van der Waals surface area (Å²) in [4.78, 5) is 0. The van der Waals surface area contributed by atoms with Crippen LogP contribution in [-0.4, -0.2) is 23.5 Å². The van der Waals surface area contributed by atoms with E-state index in [9.17, 15) is 5.11 Å². The first-order valence-corrected chi connectivity index (χ1v) is 17.4. The summed E-state index contributed by atoms with van der Waals surface area (Å²) in [5.41, 5.74) is 0.989. The molecule has 0 bridgehead atoms. The molecule has 1 unspecified atom stereocenters. The molecule has 1 N–H and O–H groups in total. The molecule has 1 nitrogen and oxygen atoms in total. The maximum absolute atomic E-state index is 10.4. The van der Waals surface area contributed by atoms with Crippen LogP contribution in [0.15, 0.2) is 30.3 Å². The fourth-order valence-electron chi connectivity index (χ4n) is 3.24. The van der Waals surface area contributed by atoms with Crippen LogP contribution in [0.25, 0.3) is 0 Å². The topological polar surface area (TPSA) is 20.2 Å². The molecule has 0 amide bonds. The van der Waals surface area contributed by atoms with Gasteiger partial charge in [0, 0.05) is 0 Å². The average molecular weight is 435 g/mol. The van der Waals surface area contributed by atoms with Gasteiger partial charge in [0.1, 0.15) is 0 Å². The Morgan fingerprint density at radius 1 is 0.875 bits per heavy atom. The predicted molar refractivity (Wildman–Crippen MR) is 109 cm³/mol. The Morgan fingerprint density at radius 2 is 1.38 bits per heavy atom. The molecule has 1 atom stereocenters. The zero-order chi connectivity index (χ0) is 17.7. The predicted octanol–water partition coefficient (Wildman–Crippen LogP) is 6.50. The van der Waals surface area contributed by atoms with Gasteiger partial charge in [0.25, 0.3) is 0 Å². The van der Waals surface area contributed by atoms with Gasteiger partial charge in [0.2, 0.25) is 0 Å².